The molecule has 4 nitrogen and oxygen atoms in total. The van der Waals surface area contributed by atoms with Gasteiger partial charge in [-0.15, -0.1) is 0 Å². The number of nitrogens with two attached hydrogens (primary N) is 1. The molecule has 0 saturated heterocycles. The Bertz CT molecular complexity index is 360. The monoisotopic (exact) mass is 238 g/mol. The van der Waals surface area contributed by atoms with Crippen molar-refractivity contribution in [1.82, 2.24) is 4.90 Å². The predicted molar refractivity (Wildman–Crippen MR) is 67.4 cm³/mol. The van der Waals surface area contributed by atoms with Crippen LogP contribution in [-0.4, -0.2) is 24.4 Å². The van der Waals surface area contributed by atoms with E-state index in [0.717, 1.165) is 24.2 Å². The van der Waals surface area contributed by atoms with E-state index in [1.54, 1.807) is 11.2 Å². The van der Waals surface area contributed by atoms with Crippen molar-refractivity contribution in [3.05, 3.63) is 23.7 Å². The standard InChI is InChI=1S/C13H22N2O2/c1-4-5-11(8-14)13(16)15(3)9-12-6-7-17-10(12)2/h6-7,11H,4-5,8-9,14H2,1-3H3. The number of nitrogens with zero attached hydrogens (tertiary/aromatic N) is 1. The summed E-state index contributed by atoms with van der Waals surface area (Å²) in [6.45, 7) is 4.97. The molecule has 96 valence electrons. The Morgan fingerprint density at radius 1 is 1.59 bits per heavy atom. The molecule has 0 aliphatic carbocycles. The van der Waals surface area contributed by atoms with Crippen molar-refractivity contribution in [3.8, 4) is 0 Å². The zero-order valence-corrected chi connectivity index (χ0v) is 10.9. The second-order valence-electron chi connectivity index (χ2n) is 4.42. The van der Waals surface area contributed by atoms with Gasteiger partial charge in [-0.1, -0.05) is 13.3 Å². The van der Waals surface area contributed by atoms with E-state index >= 15 is 0 Å². The summed E-state index contributed by atoms with van der Waals surface area (Å²) in [4.78, 5) is 13.8. The third-order valence-electron chi connectivity index (χ3n) is 3.02. The highest BCUT2D eigenvalue weighted by Gasteiger charge is 2.20. The van der Waals surface area contributed by atoms with Gasteiger partial charge >= 0.3 is 0 Å². The molecule has 1 atom stereocenters. The third-order valence-corrected chi connectivity index (χ3v) is 3.02. The zero-order chi connectivity index (χ0) is 12.8. The molecule has 2 N–H and O–H groups in total. The smallest absolute Gasteiger partial charge is 0.226 e. The van der Waals surface area contributed by atoms with Crippen LogP contribution in [-0.2, 0) is 11.3 Å². The lowest BCUT2D eigenvalue weighted by Crippen LogP contribution is -2.36. The van der Waals surface area contributed by atoms with Gasteiger partial charge in [0.25, 0.3) is 0 Å². The molecule has 0 aliphatic heterocycles. The second-order valence-corrected chi connectivity index (χ2v) is 4.42. The average Bonchev–Trinajstić information content (AvgIpc) is 2.71. The van der Waals surface area contributed by atoms with Crippen LogP contribution < -0.4 is 5.73 Å². The molecule has 1 rings (SSSR count). The summed E-state index contributed by atoms with van der Waals surface area (Å²) < 4.78 is 5.22. The minimum absolute atomic E-state index is 0.0581. The highest BCUT2D eigenvalue weighted by atomic mass is 16.3. The van der Waals surface area contributed by atoms with Crippen LogP contribution in [0, 0.1) is 12.8 Å². The van der Waals surface area contributed by atoms with Crippen LogP contribution in [0.1, 0.15) is 31.1 Å². The van der Waals surface area contributed by atoms with Gasteiger partial charge in [0.1, 0.15) is 5.76 Å². The molecule has 0 radical (unpaired) electrons. The largest absolute Gasteiger partial charge is 0.469 e. The fourth-order valence-electron chi connectivity index (χ4n) is 1.91. The summed E-state index contributed by atoms with van der Waals surface area (Å²) >= 11 is 0. The molecule has 0 aliphatic rings. The molecule has 17 heavy (non-hydrogen) atoms. The van der Waals surface area contributed by atoms with Crippen LogP contribution in [0.5, 0.6) is 0 Å². The maximum Gasteiger partial charge on any atom is 0.226 e. The number of hydrogen-bond donors (Lipinski definition) is 1. The van der Waals surface area contributed by atoms with Crippen molar-refractivity contribution in [1.29, 1.82) is 0 Å². The Hall–Kier alpha value is -1.29. The molecule has 0 spiro atoms. The van der Waals surface area contributed by atoms with Gasteiger partial charge in [-0.3, -0.25) is 4.79 Å². The number of aryl methyl sites for hydroxylation is 1. The summed E-state index contributed by atoms with van der Waals surface area (Å²) in [7, 11) is 1.81. The van der Waals surface area contributed by atoms with Crippen LogP contribution >= 0.6 is 0 Å². The highest BCUT2D eigenvalue weighted by molar-refractivity contribution is 5.78. The predicted octanol–water partition coefficient (Wildman–Crippen LogP) is 1.92. The normalized spacial score (nSPS) is 12.5. The molecule has 1 amide bonds. The van der Waals surface area contributed by atoms with Crippen molar-refractivity contribution < 1.29 is 9.21 Å². The molecule has 1 aromatic rings. The van der Waals surface area contributed by atoms with Crippen molar-refractivity contribution in [2.45, 2.75) is 33.2 Å². The Labute approximate surface area is 103 Å². The minimum atomic E-state index is -0.0581. The van der Waals surface area contributed by atoms with Crippen molar-refractivity contribution in [3.63, 3.8) is 0 Å². The molecular weight excluding hydrogens is 216 g/mol. The van der Waals surface area contributed by atoms with E-state index in [9.17, 15) is 4.79 Å². The quantitative estimate of drug-likeness (QED) is 0.823. The fourth-order valence-corrected chi connectivity index (χ4v) is 1.91. The van der Waals surface area contributed by atoms with Crippen LogP contribution in [0.4, 0.5) is 0 Å². The fraction of sp³-hybridized carbons (Fsp3) is 0.615. The van der Waals surface area contributed by atoms with E-state index in [-0.39, 0.29) is 11.8 Å². The van der Waals surface area contributed by atoms with E-state index < -0.39 is 0 Å². The first kappa shape index (κ1) is 13.8. The van der Waals surface area contributed by atoms with E-state index in [1.165, 1.54) is 0 Å². The van der Waals surface area contributed by atoms with Crippen molar-refractivity contribution in [2.75, 3.05) is 13.6 Å². The summed E-state index contributed by atoms with van der Waals surface area (Å²) in [6, 6.07) is 1.90. The topological polar surface area (TPSA) is 59.5 Å². The van der Waals surface area contributed by atoms with E-state index in [4.69, 9.17) is 10.2 Å². The maximum absolute atomic E-state index is 12.1. The first-order valence-corrected chi connectivity index (χ1v) is 6.08. The van der Waals surface area contributed by atoms with Gasteiger partial charge in [-0.25, -0.2) is 0 Å². The molecule has 0 fully saturated rings. The van der Waals surface area contributed by atoms with Crippen LogP contribution in [0.3, 0.4) is 0 Å². The van der Waals surface area contributed by atoms with Gasteiger partial charge in [-0.05, 0) is 19.4 Å². The molecule has 0 saturated carbocycles. The van der Waals surface area contributed by atoms with E-state index in [1.807, 2.05) is 20.0 Å². The van der Waals surface area contributed by atoms with Crippen molar-refractivity contribution in [2.24, 2.45) is 11.7 Å². The first-order chi connectivity index (χ1) is 8.10. The Morgan fingerprint density at radius 2 is 2.29 bits per heavy atom. The molecule has 0 bridgehead atoms. The lowest BCUT2D eigenvalue weighted by atomic mass is 10.0. The molecule has 4 heteroatoms. The third kappa shape index (κ3) is 3.60. The first-order valence-electron chi connectivity index (χ1n) is 6.08. The van der Waals surface area contributed by atoms with Crippen LogP contribution in [0.2, 0.25) is 0 Å². The van der Waals surface area contributed by atoms with Gasteiger partial charge < -0.3 is 15.1 Å². The number of rotatable bonds is 6. The molecule has 1 heterocycles. The van der Waals surface area contributed by atoms with E-state index in [2.05, 4.69) is 6.92 Å². The number of amides is 1. The van der Waals surface area contributed by atoms with E-state index in [0.29, 0.717) is 13.1 Å². The van der Waals surface area contributed by atoms with Gasteiger partial charge in [0, 0.05) is 25.7 Å². The Morgan fingerprint density at radius 3 is 2.76 bits per heavy atom. The van der Waals surface area contributed by atoms with Gasteiger partial charge in [0.15, 0.2) is 0 Å². The Kier molecular flexibility index (Phi) is 5.22. The summed E-state index contributed by atoms with van der Waals surface area (Å²) in [5.41, 5.74) is 6.68. The lowest BCUT2D eigenvalue weighted by molar-refractivity contribution is -0.134. The number of carbonyl (C=O) groups is 1. The lowest BCUT2D eigenvalue weighted by Gasteiger charge is -2.22. The van der Waals surface area contributed by atoms with Gasteiger partial charge in [0.05, 0.1) is 12.2 Å². The second kappa shape index (κ2) is 6.45. The SMILES string of the molecule is CCCC(CN)C(=O)N(C)Cc1ccoc1C. The van der Waals surface area contributed by atoms with Crippen LogP contribution in [0.25, 0.3) is 0 Å². The molecule has 1 unspecified atom stereocenters. The van der Waals surface area contributed by atoms with Crippen LogP contribution in [0.15, 0.2) is 16.7 Å². The number of furan rings is 1. The minimum Gasteiger partial charge on any atom is -0.469 e. The Balaban J connectivity index is 2.60. The average molecular weight is 238 g/mol. The van der Waals surface area contributed by atoms with Gasteiger partial charge in [-0.2, -0.15) is 0 Å². The molecular formula is C13H22N2O2. The number of carbonyl (C=O) groups excluding carboxylic acids is 1. The molecule has 1 aromatic heterocycles. The number of hydrogen-bond acceptors (Lipinski definition) is 3. The summed E-state index contributed by atoms with van der Waals surface area (Å²) in [5.74, 6) is 0.927. The highest BCUT2D eigenvalue weighted by Crippen LogP contribution is 2.14. The maximum atomic E-state index is 12.1. The summed E-state index contributed by atoms with van der Waals surface area (Å²) in [5, 5.41) is 0. The zero-order valence-electron chi connectivity index (χ0n) is 10.9. The molecule has 0 aromatic carbocycles. The van der Waals surface area contributed by atoms with Gasteiger partial charge in [0.2, 0.25) is 5.91 Å². The van der Waals surface area contributed by atoms with Crippen molar-refractivity contribution >= 4 is 5.91 Å². The summed E-state index contributed by atoms with van der Waals surface area (Å²) in [6.07, 6.45) is 3.48.